The summed E-state index contributed by atoms with van der Waals surface area (Å²) in [6.07, 6.45) is -9.20. The number of nitrogens with one attached hydrogen (secondary N) is 1. The van der Waals surface area contributed by atoms with Gasteiger partial charge in [0.2, 0.25) is 0 Å². The molecular formula is C17H13F6NO2. The Morgan fingerprint density at radius 1 is 0.923 bits per heavy atom. The number of amides is 1. The Balaban J connectivity index is 1.92. The van der Waals surface area contributed by atoms with Crippen molar-refractivity contribution in [3.63, 3.8) is 0 Å². The predicted molar refractivity (Wildman–Crippen MR) is 80.7 cm³/mol. The molecule has 0 aliphatic heterocycles. The van der Waals surface area contributed by atoms with Crippen molar-refractivity contribution in [2.75, 3.05) is 13.2 Å². The highest BCUT2D eigenvalue weighted by Crippen LogP contribution is 2.32. The Kier molecular flexibility index (Phi) is 5.79. The summed E-state index contributed by atoms with van der Waals surface area (Å²) in [7, 11) is 0. The molecule has 0 radical (unpaired) electrons. The first-order valence-corrected chi connectivity index (χ1v) is 7.33. The Morgan fingerprint density at radius 2 is 1.62 bits per heavy atom. The molecule has 0 heterocycles. The quantitative estimate of drug-likeness (QED) is 0.614. The summed E-state index contributed by atoms with van der Waals surface area (Å²) in [5.41, 5.74) is -2.51. The third-order valence-electron chi connectivity index (χ3n) is 3.29. The lowest BCUT2D eigenvalue weighted by atomic mass is 10.1. The van der Waals surface area contributed by atoms with Crippen molar-refractivity contribution in [3.05, 3.63) is 65.2 Å². The lowest BCUT2D eigenvalue weighted by molar-refractivity contribution is -0.138. The SMILES string of the molecule is O=C(NCCOc1cccc(C(F)(F)F)c1)c1ccccc1C(F)(F)F. The van der Waals surface area contributed by atoms with Crippen molar-refractivity contribution in [2.45, 2.75) is 12.4 Å². The Labute approximate surface area is 144 Å². The number of carbonyl (C=O) groups excluding carboxylic acids is 1. The van der Waals surface area contributed by atoms with Crippen LogP contribution in [0, 0.1) is 0 Å². The van der Waals surface area contributed by atoms with Gasteiger partial charge in [0, 0.05) is 0 Å². The van der Waals surface area contributed by atoms with Gasteiger partial charge in [0.15, 0.2) is 0 Å². The summed E-state index contributed by atoms with van der Waals surface area (Å²) in [5, 5.41) is 2.24. The monoisotopic (exact) mass is 377 g/mol. The van der Waals surface area contributed by atoms with Gasteiger partial charge in [-0.25, -0.2) is 0 Å². The van der Waals surface area contributed by atoms with E-state index in [1.165, 1.54) is 12.1 Å². The van der Waals surface area contributed by atoms with Crippen LogP contribution in [0.2, 0.25) is 0 Å². The second-order valence-corrected chi connectivity index (χ2v) is 5.17. The number of halogens is 6. The number of hydrogen-bond donors (Lipinski definition) is 1. The zero-order chi connectivity index (χ0) is 19.4. The van der Waals surface area contributed by atoms with E-state index in [0.29, 0.717) is 0 Å². The minimum absolute atomic E-state index is 0.0650. The van der Waals surface area contributed by atoms with E-state index in [-0.39, 0.29) is 18.9 Å². The number of alkyl halides is 6. The minimum Gasteiger partial charge on any atom is -0.492 e. The summed E-state index contributed by atoms with van der Waals surface area (Å²) in [6.45, 7) is -0.386. The molecule has 0 saturated carbocycles. The number of hydrogen-bond acceptors (Lipinski definition) is 2. The van der Waals surface area contributed by atoms with Crippen LogP contribution in [0.15, 0.2) is 48.5 Å². The van der Waals surface area contributed by atoms with Gasteiger partial charge in [-0.1, -0.05) is 18.2 Å². The highest BCUT2D eigenvalue weighted by molar-refractivity contribution is 5.95. The second kappa shape index (κ2) is 7.67. The van der Waals surface area contributed by atoms with Crippen molar-refractivity contribution in [1.82, 2.24) is 5.32 Å². The molecular weight excluding hydrogens is 364 g/mol. The van der Waals surface area contributed by atoms with E-state index >= 15 is 0 Å². The Morgan fingerprint density at radius 3 is 2.27 bits per heavy atom. The van der Waals surface area contributed by atoms with Gasteiger partial charge in [-0.05, 0) is 30.3 Å². The molecule has 0 aliphatic carbocycles. The lowest BCUT2D eigenvalue weighted by Gasteiger charge is -2.13. The van der Waals surface area contributed by atoms with Gasteiger partial charge in [-0.2, -0.15) is 26.3 Å². The summed E-state index contributed by atoms with van der Waals surface area (Å²) < 4.78 is 81.4. The van der Waals surface area contributed by atoms with E-state index < -0.39 is 35.0 Å². The average molecular weight is 377 g/mol. The van der Waals surface area contributed by atoms with E-state index in [1.54, 1.807) is 0 Å². The predicted octanol–water partition coefficient (Wildman–Crippen LogP) is 4.53. The molecule has 9 heteroatoms. The van der Waals surface area contributed by atoms with Crippen LogP contribution in [-0.4, -0.2) is 19.1 Å². The first-order valence-electron chi connectivity index (χ1n) is 7.33. The van der Waals surface area contributed by atoms with E-state index in [4.69, 9.17) is 4.74 Å². The van der Waals surface area contributed by atoms with Crippen LogP contribution in [0.3, 0.4) is 0 Å². The molecule has 26 heavy (non-hydrogen) atoms. The fourth-order valence-corrected chi connectivity index (χ4v) is 2.12. The first-order chi connectivity index (χ1) is 12.1. The molecule has 2 aromatic rings. The van der Waals surface area contributed by atoms with E-state index in [9.17, 15) is 31.1 Å². The van der Waals surface area contributed by atoms with Crippen LogP contribution in [0.4, 0.5) is 26.3 Å². The third kappa shape index (κ3) is 5.14. The van der Waals surface area contributed by atoms with Gasteiger partial charge in [0.1, 0.15) is 12.4 Å². The molecule has 1 N–H and O–H groups in total. The molecule has 3 nitrogen and oxygen atoms in total. The van der Waals surface area contributed by atoms with E-state index in [1.807, 2.05) is 0 Å². The van der Waals surface area contributed by atoms with Gasteiger partial charge in [-0.15, -0.1) is 0 Å². The van der Waals surface area contributed by atoms with Gasteiger partial charge >= 0.3 is 12.4 Å². The number of rotatable bonds is 5. The molecule has 0 aliphatic rings. The van der Waals surface area contributed by atoms with Crippen LogP contribution in [0.5, 0.6) is 5.75 Å². The molecule has 0 saturated heterocycles. The zero-order valence-electron chi connectivity index (χ0n) is 13.1. The van der Waals surface area contributed by atoms with E-state index in [0.717, 1.165) is 36.4 Å². The maximum atomic E-state index is 12.9. The van der Waals surface area contributed by atoms with Gasteiger partial charge < -0.3 is 10.1 Å². The fourth-order valence-electron chi connectivity index (χ4n) is 2.12. The average Bonchev–Trinajstić information content (AvgIpc) is 2.57. The van der Waals surface area contributed by atoms with Crippen molar-refractivity contribution < 1.29 is 35.9 Å². The molecule has 0 unspecified atom stereocenters. The highest BCUT2D eigenvalue weighted by Gasteiger charge is 2.34. The first kappa shape index (κ1) is 19.6. The molecule has 140 valence electrons. The molecule has 2 aromatic carbocycles. The molecule has 0 fully saturated rings. The maximum Gasteiger partial charge on any atom is 0.417 e. The molecule has 1 amide bonds. The Bertz CT molecular complexity index is 770. The summed E-state index contributed by atoms with van der Waals surface area (Å²) in [6, 6.07) is 8.41. The van der Waals surface area contributed by atoms with Crippen LogP contribution < -0.4 is 10.1 Å². The number of benzene rings is 2. The molecule has 0 spiro atoms. The molecule has 0 atom stereocenters. The summed E-state index contributed by atoms with van der Waals surface area (Å²) >= 11 is 0. The maximum absolute atomic E-state index is 12.9. The largest absolute Gasteiger partial charge is 0.492 e. The van der Waals surface area contributed by atoms with Crippen LogP contribution in [0.1, 0.15) is 21.5 Å². The van der Waals surface area contributed by atoms with Crippen LogP contribution in [0.25, 0.3) is 0 Å². The molecule has 0 bridgehead atoms. The topological polar surface area (TPSA) is 38.3 Å². The number of ether oxygens (including phenoxy) is 1. The zero-order valence-corrected chi connectivity index (χ0v) is 13.1. The van der Waals surface area contributed by atoms with Gasteiger partial charge in [0.25, 0.3) is 5.91 Å². The second-order valence-electron chi connectivity index (χ2n) is 5.17. The smallest absolute Gasteiger partial charge is 0.417 e. The van der Waals surface area contributed by atoms with Crippen molar-refractivity contribution >= 4 is 5.91 Å². The minimum atomic E-state index is -4.68. The molecule has 0 aromatic heterocycles. The summed E-state index contributed by atoms with van der Waals surface area (Å²) in [4.78, 5) is 11.9. The fraction of sp³-hybridized carbons (Fsp3) is 0.235. The van der Waals surface area contributed by atoms with Crippen LogP contribution >= 0.6 is 0 Å². The van der Waals surface area contributed by atoms with Crippen molar-refractivity contribution in [2.24, 2.45) is 0 Å². The third-order valence-corrected chi connectivity index (χ3v) is 3.29. The van der Waals surface area contributed by atoms with Crippen molar-refractivity contribution in [1.29, 1.82) is 0 Å². The van der Waals surface area contributed by atoms with Crippen LogP contribution in [-0.2, 0) is 12.4 Å². The Hall–Kier alpha value is -2.71. The van der Waals surface area contributed by atoms with Gasteiger partial charge in [0.05, 0.1) is 23.2 Å². The lowest BCUT2D eigenvalue weighted by Crippen LogP contribution is -2.30. The van der Waals surface area contributed by atoms with Gasteiger partial charge in [-0.3, -0.25) is 4.79 Å². The van der Waals surface area contributed by atoms with E-state index in [2.05, 4.69) is 5.32 Å². The molecule has 2 rings (SSSR count). The highest BCUT2D eigenvalue weighted by atomic mass is 19.4. The normalized spacial score (nSPS) is 11.9. The van der Waals surface area contributed by atoms with Crippen molar-refractivity contribution in [3.8, 4) is 5.75 Å². The summed E-state index contributed by atoms with van der Waals surface area (Å²) in [5.74, 6) is -1.02. The standard InChI is InChI=1S/C17H13F6NO2/c18-16(19,20)11-4-3-5-12(10-11)26-9-8-24-15(25)13-6-1-2-7-14(13)17(21,22)23/h1-7,10H,8-9H2,(H,24,25). The number of carbonyl (C=O) groups is 1.